The van der Waals surface area contributed by atoms with Gasteiger partial charge in [0, 0.05) is 17.4 Å². The molecule has 3 nitrogen and oxygen atoms in total. The Morgan fingerprint density at radius 1 is 0.467 bits per heavy atom. The third-order valence-corrected chi connectivity index (χ3v) is 9.59. The van der Waals surface area contributed by atoms with Crippen LogP contribution in [0.3, 0.4) is 0 Å². The van der Waals surface area contributed by atoms with Crippen LogP contribution in [-0.2, 0) is 0 Å². The Morgan fingerprint density at radius 2 is 0.844 bits per heavy atom. The van der Waals surface area contributed by atoms with Gasteiger partial charge in [0.25, 0.3) is 0 Å². The standard InChI is InChI=1S/C42H27N3/c43-45-44-25-40-38-23-30(41-32-13-5-1-9-26(32)21-27-10-2-6-14-33(27)41)17-19-36(38)37-20-18-31(24-39(37)40)42-34-15-7-3-11-28(34)22-29-12-4-8-16-35(29)42/h1-24,40H,25H2. The second-order valence-corrected chi connectivity index (χ2v) is 12.0. The van der Waals surface area contributed by atoms with Crippen LogP contribution in [0.5, 0.6) is 0 Å². The molecule has 0 saturated carbocycles. The van der Waals surface area contributed by atoms with Crippen molar-refractivity contribution in [1.82, 2.24) is 0 Å². The van der Waals surface area contributed by atoms with Gasteiger partial charge in [-0.3, -0.25) is 0 Å². The maximum absolute atomic E-state index is 9.42. The van der Waals surface area contributed by atoms with Gasteiger partial charge in [0.05, 0.1) is 0 Å². The number of fused-ring (bicyclic) bond motifs is 7. The summed E-state index contributed by atoms with van der Waals surface area (Å²) in [5.74, 6) is -0.0340. The average Bonchev–Trinajstić information content (AvgIpc) is 3.40. The van der Waals surface area contributed by atoms with Crippen molar-refractivity contribution < 1.29 is 0 Å². The highest BCUT2D eigenvalue weighted by Crippen LogP contribution is 2.49. The Morgan fingerprint density at radius 3 is 1.22 bits per heavy atom. The van der Waals surface area contributed by atoms with Crippen LogP contribution in [0.15, 0.2) is 151 Å². The van der Waals surface area contributed by atoms with E-state index in [0.29, 0.717) is 6.54 Å². The minimum absolute atomic E-state index is 0.0340. The van der Waals surface area contributed by atoms with Gasteiger partial charge in [-0.1, -0.05) is 126 Å². The van der Waals surface area contributed by atoms with Crippen LogP contribution < -0.4 is 0 Å². The third kappa shape index (κ3) is 3.95. The van der Waals surface area contributed by atoms with Crippen molar-refractivity contribution in [1.29, 1.82) is 0 Å². The van der Waals surface area contributed by atoms with Crippen molar-refractivity contribution in [2.24, 2.45) is 5.11 Å². The quantitative estimate of drug-likeness (QED) is 0.0870. The Balaban J connectivity index is 1.26. The van der Waals surface area contributed by atoms with Crippen LogP contribution in [0, 0.1) is 0 Å². The molecule has 0 unspecified atom stereocenters. The van der Waals surface area contributed by atoms with E-state index in [4.69, 9.17) is 0 Å². The summed E-state index contributed by atoms with van der Waals surface area (Å²) in [4.78, 5) is 3.19. The fraction of sp³-hybridized carbons (Fsp3) is 0.0476. The van der Waals surface area contributed by atoms with Crippen LogP contribution >= 0.6 is 0 Å². The maximum atomic E-state index is 9.42. The molecule has 1 aliphatic carbocycles. The van der Waals surface area contributed by atoms with Gasteiger partial charge in [0.1, 0.15) is 0 Å². The lowest BCUT2D eigenvalue weighted by Gasteiger charge is -2.16. The molecular formula is C42H27N3. The molecule has 0 heterocycles. The van der Waals surface area contributed by atoms with Crippen LogP contribution in [0.4, 0.5) is 0 Å². The van der Waals surface area contributed by atoms with E-state index in [9.17, 15) is 5.53 Å². The normalized spacial score (nSPS) is 12.4. The number of benzene rings is 8. The minimum atomic E-state index is -0.0340. The predicted molar refractivity (Wildman–Crippen MR) is 189 cm³/mol. The number of hydrogen-bond donors (Lipinski definition) is 0. The summed E-state index contributed by atoms with van der Waals surface area (Å²) >= 11 is 0. The van der Waals surface area contributed by atoms with E-state index < -0.39 is 0 Å². The molecule has 0 amide bonds. The van der Waals surface area contributed by atoms with E-state index in [0.717, 1.165) is 0 Å². The molecular weight excluding hydrogens is 546 g/mol. The monoisotopic (exact) mass is 573 g/mol. The van der Waals surface area contributed by atoms with Crippen molar-refractivity contribution >= 4 is 43.1 Å². The molecule has 0 bridgehead atoms. The Hall–Kier alpha value is -5.89. The minimum Gasteiger partial charge on any atom is -0.0930 e. The zero-order chi connectivity index (χ0) is 29.9. The van der Waals surface area contributed by atoms with Crippen molar-refractivity contribution in [2.75, 3.05) is 6.54 Å². The Kier molecular flexibility index (Phi) is 5.74. The fourth-order valence-corrected chi connectivity index (χ4v) is 7.64. The van der Waals surface area contributed by atoms with E-state index in [-0.39, 0.29) is 5.92 Å². The topological polar surface area (TPSA) is 48.8 Å². The summed E-state index contributed by atoms with van der Waals surface area (Å²) in [5.41, 5.74) is 19.1. The van der Waals surface area contributed by atoms with E-state index in [2.05, 4.69) is 156 Å². The lowest BCUT2D eigenvalue weighted by molar-refractivity contribution is 0.835. The molecule has 0 spiro atoms. The summed E-state index contributed by atoms with van der Waals surface area (Å²) in [6.07, 6.45) is 0. The van der Waals surface area contributed by atoms with Crippen LogP contribution in [-0.4, -0.2) is 6.54 Å². The summed E-state index contributed by atoms with van der Waals surface area (Å²) in [5, 5.41) is 14.0. The van der Waals surface area contributed by atoms with Crippen molar-refractivity contribution in [3.63, 3.8) is 0 Å². The van der Waals surface area contributed by atoms with Crippen LogP contribution in [0.1, 0.15) is 17.0 Å². The van der Waals surface area contributed by atoms with Gasteiger partial charge in [-0.25, -0.2) is 0 Å². The lowest BCUT2D eigenvalue weighted by Crippen LogP contribution is -2.01. The zero-order valence-electron chi connectivity index (χ0n) is 24.5. The van der Waals surface area contributed by atoms with E-state index in [1.807, 2.05) is 0 Å². The molecule has 0 atom stereocenters. The first-order valence-electron chi connectivity index (χ1n) is 15.4. The number of rotatable bonds is 4. The average molecular weight is 574 g/mol. The molecule has 0 radical (unpaired) electrons. The molecule has 3 heteroatoms. The predicted octanol–water partition coefficient (Wildman–Crippen LogP) is 12.1. The molecule has 0 N–H and O–H groups in total. The maximum Gasteiger partial charge on any atom is 0.0368 e. The molecule has 1 aliphatic rings. The van der Waals surface area contributed by atoms with Gasteiger partial charge in [-0.15, -0.1) is 0 Å². The first-order valence-corrected chi connectivity index (χ1v) is 15.4. The van der Waals surface area contributed by atoms with Gasteiger partial charge in [0.2, 0.25) is 0 Å². The van der Waals surface area contributed by atoms with Crippen molar-refractivity contribution in [2.45, 2.75) is 5.92 Å². The summed E-state index contributed by atoms with van der Waals surface area (Å²) in [7, 11) is 0. The SMILES string of the molecule is [N-]=[N+]=NCC1c2cc(-c3c4ccccc4cc4ccccc34)ccc2-c2ccc(-c3c4ccccc4cc4ccccc34)cc21. The molecule has 8 aromatic carbocycles. The lowest BCUT2D eigenvalue weighted by atomic mass is 9.88. The van der Waals surface area contributed by atoms with E-state index in [1.54, 1.807) is 0 Å². The highest BCUT2D eigenvalue weighted by atomic mass is 15.1. The van der Waals surface area contributed by atoms with Gasteiger partial charge in [-0.05, 0) is 117 Å². The second-order valence-electron chi connectivity index (χ2n) is 12.0. The fourth-order valence-electron chi connectivity index (χ4n) is 7.64. The van der Waals surface area contributed by atoms with Gasteiger partial charge in [-0.2, -0.15) is 0 Å². The molecule has 8 aromatic rings. The van der Waals surface area contributed by atoms with E-state index in [1.165, 1.54) is 87.6 Å². The largest absolute Gasteiger partial charge is 0.0930 e. The highest BCUT2D eigenvalue weighted by Gasteiger charge is 2.30. The van der Waals surface area contributed by atoms with Crippen LogP contribution in [0.25, 0.3) is 86.9 Å². The van der Waals surface area contributed by atoms with E-state index >= 15 is 0 Å². The second kappa shape index (κ2) is 10.1. The smallest absolute Gasteiger partial charge is 0.0368 e. The molecule has 0 fully saturated rings. The molecule has 45 heavy (non-hydrogen) atoms. The van der Waals surface area contributed by atoms with Gasteiger partial charge >= 0.3 is 0 Å². The zero-order valence-corrected chi connectivity index (χ0v) is 24.5. The molecule has 9 rings (SSSR count). The Bertz CT molecular complexity index is 2260. The highest BCUT2D eigenvalue weighted by molar-refractivity contribution is 6.14. The first kappa shape index (κ1) is 25.6. The molecule has 0 aliphatic heterocycles. The van der Waals surface area contributed by atoms with Crippen molar-refractivity contribution in [3.05, 3.63) is 167 Å². The molecule has 0 aromatic heterocycles. The number of nitrogens with zero attached hydrogens (tertiary/aromatic N) is 3. The first-order chi connectivity index (χ1) is 22.3. The number of azide groups is 1. The van der Waals surface area contributed by atoms with Crippen LogP contribution in [0.2, 0.25) is 0 Å². The van der Waals surface area contributed by atoms with Gasteiger partial charge in [0.15, 0.2) is 0 Å². The number of hydrogen-bond acceptors (Lipinski definition) is 1. The third-order valence-electron chi connectivity index (χ3n) is 9.59. The molecule has 0 saturated heterocycles. The summed E-state index contributed by atoms with van der Waals surface area (Å²) < 4.78 is 0. The van der Waals surface area contributed by atoms with Gasteiger partial charge < -0.3 is 0 Å². The molecule has 210 valence electrons. The van der Waals surface area contributed by atoms with Crippen molar-refractivity contribution in [3.8, 4) is 33.4 Å². The Labute approximate surface area is 260 Å². The summed E-state index contributed by atoms with van der Waals surface area (Å²) in [6.45, 7) is 0.371. The summed E-state index contributed by atoms with van der Waals surface area (Å²) in [6, 6.07) is 52.8.